The summed E-state index contributed by atoms with van der Waals surface area (Å²) in [5.74, 6) is 1.43. The minimum atomic E-state index is -3.96. The van der Waals surface area contributed by atoms with Crippen molar-refractivity contribution in [2.45, 2.75) is 94.3 Å². The smallest absolute Gasteiger partial charge is 0.303 e. The first-order chi connectivity index (χ1) is 23.1. The molecule has 5 atom stereocenters. The monoisotopic (exact) mass is 671 g/mol. The molecule has 2 aromatic carbocycles. The normalized spacial score (nSPS) is 30.5. The van der Waals surface area contributed by atoms with Crippen LogP contribution in [0.3, 0.4) is 0 Å². The van der Waals surface area contributed by atoms with E-state index in [0.29, 0.717) is 18.0 Å². The average molecular weight is 672 g/mol. The van der Waals surface area contributed by atoms with Crippen LogP contribution in [0.1, 0.15) is 97.5 Å². The van der Waals surface area contributed by atoms with Gasteiger partial charge in [-0.3, -0.25) is 14.5 Å². The van der Waals surface area contributed by atoms with Crippen LogP contribution < -0.4 is 14.8 Å². The Labute approximate surface area is 282 Å². The Morgan fingerprint density at radius 1 is 1.00 bits per heavy atom. The molecule has 10 nitrogen and oxygen atoms in total. The third-order valence-electron chi connectivity index (χ3n) is 13.1. The van der Waals surface area contributed by atoms with E-state index >= 15 is 0 Å². The van der Waals surface area contributed by atoms with Crippen molar-refractivity contribution in [3.8, 4) is 17.0 Å². The van der Waals surface area contributed by atoms with Crippen molar-refractivity contribution in [2.75, 3.05) is 27.7 Å². The number of methoxy groups -OCH3 is 1. The standard InChI is InChI=1S/C37H45N5O5S/c1-40(2)48(45,46)39-34(43)23-9-11-27-30(17-23)41-21-36(35(44)38-31-20-37-15-13-24(37)14-16-42(31)37)19-29(36)28-18-25(47-3)10-12-26(28)33(41)32(27)22-7-5-4-6-8-22/h9-12,17-18,22,24,29,31H,4-8,13-16,19-21H2,1-3H3,(H,38,44)(H,39,43)/t24?,29?,31-,36?,37?/m0/s1. The molecule has 48 heavy (non-hydrogen) atoms. The third-order valence-corrected chi connectivity index (χ3v) is 14.5. The fourth-order valence-corrected chi connectivity index (χ4v) is 10.8. The van der Waals surface area contributed by atoms with Gasteiger partial charge in [0.1, 0.15) is 5.75 Å². The predicted octanol–water partition coefficient (Wildman–Crippen LogP) is 5.09. The van der Waals surface area contributed by atoms with Crippen molar-refractivity contribution < 1.29 is 22.7 Å². The molecule has 2 N–H and O–H groups in total. The van der Waals surface area contributed by atoms with Gasteiger partial charge in [0, 0.05) is 60.7 Å². The lowest BCUT2D eigenvalue weighted by Gasteiger charge is -2.62. The predicted molar refractivity (Wildman–Crippen MR) is 183 cm³/mol. The number of hydrogen-bond acceptors (Lipinski definition) is 6. The van der Waals surface area contributed by atoms with Crippen molar-refractivity contribution in [3.63, 3.8) is 0 Å². The molecule has 0 bridgehead atoms. The van der Waals surface area contributed by atoms with Gasteiger partial charge >= 0.3 is 10.2 Å². The van der Waals surface area contributed by atoms with E-state index in [0.717, 1.165) is 75.9 Å². The maximum Gasteiger partial charge on any atom is 0.303 e. The number of ether oxygens (including phenoxy) is 1. The SMILES string of the molecule is COc1ccc2c(c1)C1CC1(C(=O)N[C@@H]1CC34CCC3CCN14)Cn1c-2c(C2CCCCC2)c2ccc(C(=O)NS(=O)(=O)N(C)C)cc21. The summed E-state index contributed by atoms with van der Waals surface area (Å²) in [5.41, 5.74) is 5.56. The van der Waals surface area contributed by atoms with E-state index < -0.39 is 21.5 Å². The summed E-state index contributed by atoms with van der Waals surface area (Å²) in [6.07, 6.45) is 11.5. The van der Waals surface area contributed by atoms with E-state index in [1.165, 1.54) is 58.2 Å². The molecular weight excluding hydrogens is 627 g/mol. The highest BCUT2D eigenvalue weighted by molar-refractivity contribution is 7.87. The molecule has 3 aliphatic carbocycles. The van der Waals surface area contributed by atoms with Crippen LogP contribution in [0.2, 0.25) is 0 Å². The van der Waals surface area contributed by atoms with Crippen molar-refractivity contribution >= 4 is 32.9 Å². The molecule has 4 unspecified atom stereocenters. The minimum absolute atomic E-state index is 0.0533. The first-order valence-electron chi connectivity index (χ1n) is 17.7. The summed E-state index contributed by atoms with van der Waals surface area (Å²) >= 11 is 0. The lowest BCUT2D eigenvalue weighted by atomic mass is 9.61. The van der Waals surface area contributed by atoms with Gasteiger partial charge in [0.15, 0.2) is 0 Å². The third kappa shape index (κ3) is 4.25. The second kappa shape index (κ2) is 10.5. The van der Waals surface area contributed by atoms with E-state index in [2.05, 4.69) is 31.6 Å². The molecular formula is C37H45N5O5S. The molecule has 4 heterocycles. The van der Waals surface area contributed by atoms with Crippen molar-refractivity contribution in [2.24, 2.45) is 11.3 Å². The molecule has 2 amide bonds. The second-order valence-corrected chi connectivity index (χ2v) is 17.4. The van der Waals surface area contributed by atoms with E-state index in [-0.39, 0.29) is 23.6 Å². The Bertz CT molecular complexity index is 1980. The number of aromatic nitrogens is 1. The maximum atomic E-state index is 14.6. The number of fused-ring (bicyclic) bond motifs is 7. The zero-order valence-corrected chi connectivity index (χ0v) is 28.9. The fourth-order valence-electron chi connectivity index (χ4n) is 10.3. The highest BCUT2D eigenvalue weighted by Crippen LogP contribution is 2.66. The van der Waals surface area contributed by atoms with Gasteiger partial charge in [-0.1, -0.05) is 25.3 Å². The van der Waals surface area contributed by atoms with Crippen LogP contribution in [0.4, 0.5) is 0 Å². The van der Waals surface area contributed by atoms with E-state index in [1.807, 2.05) is 18.2 Å². The first-order valence-corrected chi connectivity index (χ1v) is 19.2. The largest absolute Gasteiger partial charge is 0.497 e. The quantitative estimate of drug-likeness (QED) is 0.362. The Morgan fingerprint density at radius 2 is 1.81 bits per heavy atom. The van der Waals surface area contributed by atoms with E-state index in [9.17, 15) is 18.0 Å². The van der Waals surface area contributed by atoms with Gasteiger partial charge in [-0.15, -0.1) is 0 Å². The van der Waals surface area contributed by atoms with Crippen LogP contribution in [0.15, 0.2) is 36.4 Å². The summed E-state index contributed by atoms with van der Waals surface area (Å²) in [7, 11) is 0.509. The second-order valence-electron chi connectivity index (χ2n) is 15.5. The summed E-state index contributed by atoms with van der Waals surface area (Å²) in [4.78, 5) is 30.5. The molecule has 1 aromatic heterocycles. The van der Waals surface area contributed by atoms with Crippen molar-refractivity contribution in [3.05, 3.63) is 53.1 Å². The van der Waals surface area contributed by atoms with Crippen molar-refractivity contribution in [1.82, 2.24) is 23.8 Å². The Kier molecular flexibility index (Phi) is 6.73. The molecule has 9 rings (SSSR count). The number of rotatable bonds is 7. The highest BCUT2D eigenvalue weighted by Gasteiger charge is 2.67. The first kappa shape index (κ1) is 30.6. The Hall–Kier alpha value is -3.41. The molecule has 0 radical (unpaired) electrons. The van der Waals surface area contributed by atoms with Gasteiger partial charge in [-0.2, -0.15) is 12.7 Å². The summed E-state index contributed by atoms with van der Waals surface area (Å²) < 4.78 is 36.4. The number of benzene rings is 2. The molecule has 254 valence electrons. The zero-order valence-electron chi connectivity index (χ0n) is 28.0. The maximum absolute atomic E-state index is 14.6. The summed E-state index contributed by atoms with van der Waals surface area (Å²) in [6.45, 7) is 1.57. The molecule has 2 saturated heterocycles. The minimum Gasteiger partial charge on any atom is -0.497 e. The zero-order chi connectivity index (χ0) is 33.2. The van der Waals surface area contributed by atoms with Gasteiger partial charge in [0.05, 0.1) is 24.4 Å². The lowest BCUT2D eigenvalue weighted by Crippen LogP contribution is -2.73. The molecule has 3 aliphatic heterocycles. The van der Waals surface area contributed by atoms with E-state index in [4.69, 9.17) is 4.74 Å². The fraction of sp³-hybridized carbons (Fsp3) is 0.568. The van der Waals surface area contributed by atoms with Gasteiger partial charge in [0.25, 0.3) is 5.91 Å². The van der Waals surface area contributed by atoms with Crippen LogP contribution >= 0.6 is 0 Å². The summed E-state index contributed by atoms with van der Waals surface area (Å²) in [5, 5.41) is 4.61. The number of carbonyl (C=O) groups is 2. The molecule has 3 saturated carbocycles. The number of amides is 2. The molecule has 5 fully saturated rings. The molecule has 11 heteroatoms. The number of nitrogens with zero attached hydrogens (tertiary/aromatic N) is 3. The van der Waals surface area contributed by atoms with Gasteiger partial charge in [0.2, 0.25) is 5.91 Å². The van der Waals surface area contributed by atoms with Crippen LogP contribution in [0.5, 0.6) is 5.75 Å². The molecule has 3 aromatic rings. The Morgan fingerprint density at radius 3 is 2.54 bits per heavy atom. The van der Waals surface area contributed by atoms with Gasteiger partial charge in [-0.05, 0) is 98.2 Å². The summed E-state index contributed by atoms with van der Waals surface area (Å²) in [6, 6.07) is 11.9. The molecule has 1 spiro atoms. The van der Waals surface area contributed by atoms with E-state index in [1.54, 1.807) is 13.2 Å². The van der Waals surface area contributed by atoms with Gasteiger partial charge in [-0.25, -0.2) is 4.72 Å². The molecule has 6 aliphatic rings. The van der Waals surface area contributed by atoms with Crippen molar-refractivity contribution in [1.29, 1.82) is 0 Å². The van der Waals surface area contributed by atoms with Gasteiger partial charge < -0.3 is 14.6 Å². The number of carbonyl (C=O) groups excluding carboxylic acids is 2. The average Bonchev–Trinajstić information content (AvgIpc) is 3.68. The number of hydrogen-bond donors (Lipinski definition) is 2. The van der Waals surface area contributed by atoms with Crippen LogP contribution in [-0.2, 0) is 21.5 Å². The highest BCUT2D eigenvalue weighted by atomic mass is 32.2. The Balaban J connectivity index is 1.17. The van der Waals surface area contributed by atoms with Crippen LogP contribution in [0, 0.1) is 11.3 Å². The lowest BCUT2D eigenvalue weighted by molar-refractivity contribution is -0.148. The van der Waals surface area contributed by atoms with Crippen LogP contribution in [0.25, 0.3) is 22.2 Å². The number of nitrogens with one attached hydrogen (secondary N) is 2. The van der Waals surface area contributed by atoms with Crippen LogP contribution in [-0.4, -0.2) is 73.5 Å². The topological polar surface area (TPSA) is 113 Å².